The van der Waals surface area contributed by atoms with Crippen molar-refractivity contribution in [3.05, 3.63) is 40.4 Å². The largest absolute Gasteiger partial charge is 0.486 e. The molecule has 0 unspecified atom stereocenters. The summed E-state index contributed by atoms with van der Waals surface area (Å²) in [4.78, 5) is 15.2. The summed E-state index contributed by atoms with van der Waals surface area (Å²) < 4.78 is 7.87. The molecule has 106 valence electrons. The van der Waals surface area contributed by atoms with Crippen LogP contribution in [0.4, 0.5) is 0 Å². The van der Waals surface area contributed by atoms with Gasteiger partial charge in [0, 0.05) is 11.0 Å². The van der Waals surface area contributed by atoms with E-state index in [-0.39, 0.29) is 12.2 Å². The number of carbonyl (C=O) groups is 1. The molecule has 1 N–H and O–H groups in total. The first kappa shape index (κ1) is 14.5. The van der Waals surface area contributed by atoms with E-state index in [0.717, 1.165) is 13.0 Å². The molecule has 2 rings (SSSR count). The summed E-state index contributed by atoms with van der Waals surface area (Å²) in [7, 11) is 0. The first-order chi connectivity index (χ1) is 9.61. The van der Waals surface area contributed by atoms with Crippen LogP contribution < -0.4 is 4.74 Å². The number of carboxylic acids is 1. The van der Waals surface area contributed by atoms with Crippen LogP contribution in [0.1, 0.15) is 29.5 Å². The van der Waals surface area contributed by atoms with E-state index in [1.54, 1.807) is 16.8 Å². The fourth-order valence-electron chi connectivity index (χ4n) is 1.70. The third-order valence-corrected chi connectivity index (χ3v) is 3.36. The van der Waals surface area contributed by atoms with Gasteiger partial charge in [-0.3, -0.25) is 0 Å². The second kappa shape index (κ2) is 6.51. The van der Waals surface area contributed by atoms with Gasteiger partial charge in [0.1, 0.15) is 18.7 Å². The molecule has 1 heterocycles. The summed E-state index contributed by atoms with van der Waals surface area (Å²) in [5, 5.41) is 13.1. The second-order valence-electron chi connectivity index (χ2n) is 4.13. The SMILES string of the molecule is CCCn1ncnc1COc1ccc(Br)c(C(=O)O)c1. The lowest BCUT2D eigenvalue weighted by Crippen LogP contribution is -2.08. The lowest BCUT2D eigenvalue weighted by atomic mass is 10.2. The molecule has 0 radical (unpaired) electrons. The van der Waals surface area contributed by atoms with Crippen molar-refractivity contribution in [3.63, 3.8) is 0 Å². The van der Waals surface area contributed by atoms with Gasteiger partial charge in [0.2, 0.25) is 0 Å². The van der Waals surface area contributed by atoms with E-state index in [1.165, 1.54) is 12.4 Å². The zero-order chi connectivity index (χ0) is 14.5. The first-order valence-electron chi connectivity index (χ1n) is 6.14. The minimum Gasteiger partial charge on any atom is -0.486 e. The van der Waals surface area contributed by atoms with E-state index >= 15 is 0 Å². The topological polar surface area (TPSA) is 77.2 Å². The Hall–Kier alpha value is -1.89. The highest BCUT2D eigenvalue weighted by atomic mass is 79.9. The zero-order valence-corrected chi connectivity index (χ0v) is 12.5. The fourth-order valence-corrected chi connectivity index (χ4v) is 2.12. The molecule has 0 bridgehead atoms. The standard InChI is InChI=1S/C13H14BrN3O3/c1-2-5-17-12(15-8-16-17)7-20-9-3-4-11(14)10(6-9)13(18)19/h3-4,6,8H,2,5,7H2,1H3,(H,18,19). The number of aromatic carboxylic acids is 1. The molecule has 0 amide bonds. The van der Waals surface area contributed by atoms with Crippen molar-refractivity contribution in [3.8, 4) is 5.75 Å². The molecule has 0 spiro atoms. The summed E-state index contributed by atoms with van der Waals surface area (Å²) in [6.07, 6.45) is 2.44. The summed E-state index contributed by atoms with van der Waals surface area (Å²) in [6, 6.07) is 4.83. The summed E-state index contributed by atoms with van der Waals surface area (Å²) in [5.74, 6) is 0.194. The molecule has 0 saturated heterocycles. The quantitative estimate of drug-likeness (QED) is 0.875. The van der Waals surface area contributed by atoms with Crippen LogP contribution >= 0.6 is 15.9 Å². The highest BCUT2D eigenvalue weighted by molar-refractivity contribution is 9.10. The number of nitrogens with zero attached hydrogens (tertiary/aromatic N) is 3. The fraction of sp³-hybridized carbons (Fsp3) is 0.308. The predicted octanol–water partition coefficient (Wildman–Crippen LogP) is 2.73. The Bertz CT molecular complexity index is 613. The van der Waals surface area contributed by atoms with Crippen LogP contribution in [0.5, 0.6) is 5.75 Å². The van der Waals surface area contributed by atoms with Crippen molar-refractivity contribution in [1.82, 2.24) is 14.8 Å². The van der Waals surface area contributed by atoms with E-state index < -0.39 is 5.97 Å². The molecular weight excluding hydrogens is 326 g/mol. The minimum atomic E-state index is -1.00. The maximum absolute atomic E-state index is 11.0. The van der Waals surface area contributed by atoms with Crippen LogP contribution in [0.2, 0.25) is 0 Å². The molecular formula is C13H14BrN3O3. The normalized spacial score (nSPS) is 10.5. The molecule has 2 aromatic rings. The number of rotatable bonds is 6. The van der Waals surface area contributed by atoms with Gasteiger partial charge in [-0.1, -0.05) is 6.92 Å². The Balaban J connectivity index is 2.09. The Kier molecular flexibility index (Phi) is 4.73. The second-order valence-corrected chi connectivity index (χ2v) is 4.99. The third kappa shape index (κ3) is 3.36. The molecule has 0 saturated carbocycles. The van der Waals surface area contributed by atoms with E-state index in [2.05, 4.69) is 32.9 Å². The lowest BCUT2D eigenvalue weighted by Gasteiger charge is -2.08. The lowest BCUT2D eigenvalue weighted by molar-refractivity contribution is 0.0695. The molecule has 1 aromatic carbocycles. The number of hydrogen-bond donors (Lipinski definition) is 1. The highest BCUT2D eigenvalue weighted by Crippen LogP contribution is 2.23. The number of hydrogen-bond acceptors (Lipinski definition) is 4. The van der Waals surface area contributed by atoms with E-state index in [4.69, 9.17) is 9.84 Å². The highest BCUT2D eigenvalue weighted by Gasteiger charge is 2.10. The van der Waals surface area contributed by atoms with E-state index in [0.29, 0.717) is 16.0 Å². The number of aryl methyl sites for hydroxylation is 1. The maximum atomic E-state index is 11.0. The van der Waals surface area contributed by atoms with Crippen LogP contribution in [0.3, 0.4) is 0 Å². The smallest absolute Gasteiger partial charge is 0.336 e. The van der Waals surface area contributed by atoms with Crippen LogP contribution in [-0.4, -0.2) is 25.8 Å². The third-order valence-electron chi connectivity index (χ3n) is 2.67. The number of ether oxygens (including phenoxy) is 1. The molecule has 6 nitrogen and oxygen atoms in total. The van der Waals surface area contributed by atoms with Gasteiger partial charge >= 0.3 is 5.97 Å². The first-order valence-corrected chi connectivity index (χ1v) is 6.93. The van der Waals surface area contributed by atoms with Gasteiger partial charge in [-0.15, -0.1) is 0 Å². The number of aromatic nitrogens is 3. The molecule has 7 heteroatoms. The molecule has 0 aliphatic heterocycles. The average molecular weight is 340 g/mol. The summed E-state index contributed by atoms with van der Waals surface area (Å²) in [6.45, 7) is 3.08. The van der Waals surface area contributed by atoms with Gasteiger partial charge in [-0.2, -0.15) is 5.10 Å². The molecule has 0 atom stereocenters. The van der Waals surface area contributed by atoms with Crippen molar-refractivity contribution >= 4 is 21.9 Å². The molecule has 0 fully saturated rings. The van der Waals surface area contributed by atoms with Crippen LogP contribution in [-0.2, 0) is 13.2 Å². The predicted molar refractivity (Wildman–Crippen MR) is 75.7 cm³/mol. The van der Waals surface area contributed by atoms with Crippen molar-refractivity contribution in [2.45, 2.75) is 26.5 Å². The Labute approximate surface area is 124 Å². The maximum Gasteiger partial charge on any atom is 0.336 e. The molecule has 1 aromatic heterocycles. The number of benzene rings is 1. The summed E-state index contributed by atoms with van der Waals surface area (Å²) in [5.41, 5.74) is 0.164. The number of halogens is 1. The minimum absolute atomic E-state index is 0.164. The van der Waals surface area contributed by atoms with Crippen molar-refractivity contribution in [2.75, 3.05) is 0 Å². The molecule has 20 heavy (non-hydrogen) atoms. The van der Waals surface area contributed by atoms with Crippen molar-refractivity contribution in [1.29, 1.82) is 0 Å². The summed E-state index contributed by atoms with van der Waals surface area (Å²) >= 11 is 3.19. The van der Waals surface area contributed by atoms with Crippen LogP contribution in [0.25, 0.3) is 0 Å². The number of carboxylic acid groups (broad SMARTS) is 1. The molecule has 0 aliphatic carbocycles. The van der Waals surface area contributed by atoms with E-state index in [1.807, 2.05) is 0 Å². The van der Waals surface area contributed by atoms with Crippen molar-refractivity contribution < 1.29 is 14.6 Å². The van der Waals surface area contributed by atoms with Crippen LogP contribution in [0.15, 0.2) is 29.0 Å². The van der Waals surface area contributed by atoms with Gasteiger partial charge in [-0.25, -0.2) is 14.5 Å². The van der Waals surface area contributed by atoms with Gasteiger partial charge in [0.05, 0.1) is 5.56 Å². The van der Waals surface area contributed by atoms with Gasteiger partial charge in [0.15, 0.2) is 5.82 Å². The Morgan fingerprint density at radius 2 is 2.30 bits per heavy atom. The monoisotopic (exact) mass is 339 g/mol. The van der Waals surface area contributed by atoms with E-state index in [9.17, 15) is 4.79 Å². The van der Waals surface area contributed by atoms with Crippen LogP contribution in [0, 0.1) is 0 Å². The molecule has 0 aliphatic rings. The Morgan fingerprint density at radius 1 is 1.50 bits per heavy atom. The van der Waals surface area contributed by atoms with Gasteiger partial charge < -0.3 is 9.84 Å². The average Bonchev–Trinajstić information content (AvgIpc) is 2.85. The van der Waals surface area contributed by atoms with Crippen molar-refractivity contribution in [2.24, 2.45) is 0 Å². The van der Waals surface area contributed by atoms with Gasteiger partial charge in [-0.05, 0) is 40.5 Å². The Morgan fingerprint density at radius 3 is 3.00 bits per heavy atom. The van der Waals surface area contributed by atoms with Gasteiger partial charge in [0.25, 0.3) is 0 Å². The zero-order valence-electron chi connectivity index (χ0n) is 10.9.